The monoisotopic (exact) mass is 401 g/mol. The van der Waals surface area contributed by atoms with Crippen molar-refractivity contribution in [3.05, 3.63) is 47.1 Å². The first-order valence-corrected chi connectivity index (χ1v) is 9.82. The smallest absolute Gasteiger partial charge is 0.231 e. The molecule has 1 fully saturated rings. The molecule has 1 saturated heterocycles. The van der Waals surface area contributed by atoms with Gasteiger partial charge in [0, 0.05) is 38.9 Å². The second-order valence-corrected chi connectivity index (χ2v) is 7.23. The minimum Gasteiger partial charge on any atom is -0.454 e. The van der Waals surface area contributed by atoms with Crippen LogP contribution in [0.25, 0.3) is 0 Å². The molecule has 0 amide bonds. The van der Waals surface area contributed by atoms with E-state index < -0.39 is 0 Å². The summed E-state index contributed by atoms with van der Waals surface area (Å²) < 4.78 is 10.8. The van der Waals surface area contributed by atoms with Crippen LogP contribution in [0, 0.1) is 0 Å². The van der Waals surface area contributed by atoms with E-state index in [-0.39, 0.29) is 0 Å². The highest BCUT2D eigenvalue weighted by molar-refractivity contribution is 6.32. The SMILES string of the molecule is CN=C(NCCc1ccc2c(c1)OCO2)NC1CCN(c2ncccc2Cl)C1. The summed E-state index contributed by atoms with van der Waals surface area (Å²) in [5.41, 5.74) is 1.20. The summed E-state index contributed by atoms with van der Waals surface area (Å²) in [6, 6.07) is 10.1. The summed E-state index contributed by atoms with van der Waals surface area (Å²) in [5, 5.41) is 7.57. The molecule has 1 unspecified atom stereocenters. The number of benzene rings is 1. The van der Waals surface area contributed by atoms with E-state index >= 15 is 0 Å². The van der Waals surface area contributed by atoms with Crippen molar-refractivity contribution < 1.29 is 9.47 Å². The van der Waals surface area contributed by atoms with Crippen molar-refractivity contribution in [2.75, 3.05) is 38.4 Å². The van der Waals surface area contributed by atoms with E-state index in [0.29, 0.717) is 17.9 Å². The Balaban J connectivity index is 1.26. The quantitative estimate of drug-likeness (QED) is 0.592. The second kappa shape index (κ2) is 8.56. The molecule has 0 saturated carbocycles. The number of rotatable bonds is 5. The lowest BCUT2D eigenvalue weighted by Crippen LogP contribution is -2.45. The third-order valence-corrected chi connectivity index (χ3v) is 5.23. The number of ether oxygens (including phenoxy) is 2. The van der Waals surface area contributed by atoms with Crippen LogP contribution in [-0.4, -0.2) is 50.5 Å². The third kappa shape index (κ3) is 4.25. The van der Waals surface area contributed by atoms with Crippen molar-refractivity contribution in [3.8, 4) is 11.5 Å². The van der Waals surface area contributed by atoms with Crippen LogP contribution in [0.15, 0.2) is 41.5 Å². The molecule has 2 aliphatic rings. The van der Waals surface area contributed by atoms with E-state index in [4.69, 9.17) is 21.1 Å². The van der Waals surface area contributed by atoms with Crippen molar-refractivity contribution in [3.63, 3.8) is 0 Å². The number of guanidine groups is 1. The zero-order valence-electron chi connectivity index (χ0n) is 15.8. The van der Waals surface area contributed by atoms with Crippen LogP contribution < -0.4 is 25.0 Å². The first kappa shape index (κ1) is 18.7. The van der Waals surface area contributed by atoms with Gasteiger partial charge in [-0.1, -0.05) is 17.7 Å². The van der Waals surface area contributed by atoms with E-state index in [1.807, 2.05) is 24.3 Å². The molecule has 0 bridgehead atoms. The maximum atomic E-state index is 6.27. The Hall–Kier alpha value is -2.67. The van der Waals surface area contributed by atoms with Crippen molar-refractivity contribution >= 4 is 23.4 Å². The Morgan fingerprint density at radius 2 is 2.21 bits per heavy atom. The number of hydrogen-bond donors (Lipinski definition) is 2. The molecule has 28 heavy (non-hydrogen) atoms. The zero-order valence-corrected chi connectivity index (χ0v) is 16.6. The Bertz CT molecular complexity index is 860. The lowest BCUT2D eigenvalue weighted by atomic mass is 10.1. The van der Waals surface area contributed by atoms with Crippen molar-refractivity contribution in [2.45, 2.75) is 18.9 Å². The highest BCUT2D eigenvalue weighted by Gasteiger charge is 2.25. The van der Waals surface area contributed by atoms with Gasteiger partial charge in [-0.05, 0) is 42.7 Å². The predicted molar refractivity (Wildman–Crippen MR) is 111 cm³/mol. The Labute approximate surface area is 169 Å². The molecular formula is C20H24ClN5O2. The Morgan fingerprint density at radius 1 is 1.32 bits per heavy atom. The van der Waals surface area contributed by atoms with Crippen LogP contribution in [0.4, 0.5) is 5.82 Å². The number of halogens is 1. The summed E-state index contributed by atoms with van der Waals surface area (Å²) in [7, 11) is 1.79. The van der Waals surface area contributed by atoms with Crippen LogP contribution in [0.3, 0.4) is 0 Å². The summed E-state index contributed by atoms with van der Waals surface area (Å²) in [5.74, 6) is 3.28. The van der Waals surface area contributed by atoms with Gasteiger partial charge in [-0.25, -0.2) is 4.98 Å². The molecule has 3 heterocycles. The Morgan fingerprint density at radius 3 is 3.07 bits per heavy atom. The lowest BCUT2D eigenvalue weighted by molar-refractivity contribution is 0.174. The average molecular weight is 402 g/mol. The maximum Gasteiger partial charge on any atom is 0.231 e. The van der Waals surface area contributed by atoms with E-state index in [0.717, 1.165) is 55.8 Å². The number of nitrogens with zero attached hydrogens (tertiary/aromatic N) is 3. The molecule has 0 aliphatic carbocycles. The topological polar surface area (TPSA) is 71.0 Å². The molecule has 2 aromatic rings. The highest BCUT2D eigenvalue weighted by atomic mass is 35.5. The first-order chi connectivity index (χ1) is 13.7. The van der Waals surface area contributed by atoms with E-state index in [1.54, 1.807) is 13.2 Å². The van der Waals surface area contributed by atoms with Crippen LogP contribution in [-0.2, 0) is 6.42 Å². The van der Waals surface area contributed by atoms with Crippen LogP contribution >= 0.6 is 11.6 Å². The maximum absolute atomic E-state index is 6.27. The molecule has 8 heteroatoms. The number of fused-ring (bicyclic) bond motifs is 1. The fourth-order valence-corrected chi connectivity index (χ4v) is 3.73. The van der Waals surface area contributed by atoms with Gasteiger partial charge >= 0.3 is 0 Å². The Kier molecular flexibility index (Phi) is 5.71. The predicted octanol–water partition coefficient (Wildman–Crippen LogP) is 2.45. The molecule has 7 nitrogen and oxygen atoms in total. The molecule has 0 radical (unpaired) electrons. The summed E-state index contributed by atoms with van der Waals surface area (Å²) in [4.78, 5) is 11.0. The molecule has 2 aliphatic heterocycles. The van der Waals surface area contributed by atoms with Gasteiger partial charge in [-0.15, -0.1) is 0 Å². The molecule has 1 aromatic heterocycles. The van der Waals surface area contributed by atoms with Gasteiger partial charge in [-0.3, -0.25) is 4.99 Å². The summed E-state index contributed by atoms with van der Waals surface area (Å²) in [6.45, 7) is 2.85. The van der Waals surface area contributed by atoms with E-state index in [1.165, 1.54) is 5.56 Å². The number of nitrogens with one attached hydrogen (secondary N) is 2. The fourth-order valence-electron chi connectivity index (χ4n) is 3.49. The van der Waals surface area contributed by atoms with Crippen molar-refractivity contribution in [2.24, 2.45) is 4.99 Å². The minimum atomic E-state index is 0.301. The fraction of sp³-hybridized carbons (Fsp3) is 0.400. The van der Waals surface area contributed by atoms with Crippen LogP contribution in [0.2, 0.25) is 5.02 Å². The largest absolute Gasteiger partial charge is 0.454 e. The molecular weight excluding hydrogens is 378 g/mol. The van der Waals surface area contributed by atoms with Crippen LogP contribution in [0.1, 0.15) is 12.0 Å². The number of anilines is 1. The molecule has 1 atom stereocenters. The van der Waals surface area contributed by atoms with Gasteiger partial charge in [-0.2, -0.15) is 0 Å². The van der Waals surface area contributed by atoms with Gasteiger partial charge in [0.05, 0.1) is 5.02 Å². The number of hydrogen-bond acceptors (Lipinski definition) is 5. The standard InChI is InChI=1S/C20H24ClN5O2/c1-22-20(24-9-6-14-4-5-17-18(11-14)28-13-27-17)25-15-7-10-26(12-15)19-16(21)3-2-8-23-19/h2-5,8,11,15H,6-7,9-10,12-13H2,1H3,(H2,22,24,25). The van der Waals surface area contributed by atoms with Gasteiger partial charge in [0.25, 0.3) is 0 Å². The number of pyridine rings is 1. The van der Waals surface area contributed by atoms with Crippen molar-refractivity contribution in [1.29, 1.82) is 0 Å². The first-order valence-electron chi connectivity index (χ1n) is 9.44. The highest BCUT2D eigenvalue weighted by Crippen LogP contribution is 2.32. The van der Waals surface area contributed by atoms with Gasteiger partial charge in [0.1, 0.15) is 5.82 Å². The molecule has 4 rings (SSSR count). The van der Waals surface area contributed by atoms with Crippen molar-refractivity contribution in [1.82, 2.24) is 15.6 Å². The number of aromatic nitrogens is 1. The third-order valence-electron chi connectivity index (χ3n) is 4.93. The molecule has 148 valence electrons. The van der Waals surface area contributed by atoms with Gasteiger partial charge < -0.3 is 25.0 Å². The average Bonchev–Trinajstić information content (AvgIpc) is 3.36. The van der Waals surface area contributed by atoms with E-state index in [2.05, 4.69) is 31.6 Å². The summed E-state index contributed by atoms with van der Waals surface area (Å²) >= 11 is 6.27. The van der Waals surface area contributed by atoms with Gasteiger partial charge in [0.2, 0.25) is 6.79 Å². The summed E-state index contributed by atoms with van der Waals surface area (Å²) in [6.07, 6.45) is 3.66. The lowest BCUT2D eigenvalue weighted by Gasteiger charge is -2.20. The second-order valence-electron chi connectivity index (χ2n) is 6.82. The zero-order chi connectivity index (χ0) is 19.3. The molecule has 0 spiro atoms. The van der Waals surface area contributed by atoms with Crippen LogP contribution in [0.5, 0.6) is 11.5 Å². The molecule has 2 N–H and O–H groups in total. The minimum absolute atomic E-state index is 0.301. The van der Waals surface area contributed by atoms with Gasteiger partial charge in [0.15, 0.2) is 17.5 Å². The van der Waals surface area contributed by atoms with E-state index in [9.17, 15) is 0 Å². The normalized spacial score (nSPS) is 18.4. The molecule has 1 aromatic carbocycles. The number of aliphatic imine (C=N–C) groups is 1.